The molecular weight excluding hydrogens is 252 g/mol. The van der Waals surface area contributed by atoms with Crippen LogP contribution in [0.1, 0.15) is 0 Å². The minimum Gasteiger partial charge on any atom is -0.443 e. The van der Waals surface area contributed by atoms with Crippen LogP contribution in [0.15, 0.2) is 23.4 Å². The highest BCUT2D eigenvalue weighted by molar-refractivity contribution is 7.99. The van der Waals surface area contributed by atoms with Gasteiger partial charge in [-0.1, -0.05) is 11.8 Å². The van der Waals surface area contributed by atoms with Gasteiger partial charge in [0, 0.05) is 11.4 Å². The number of hydrogen-bond acceptors (Lipinski definition) is 5. The summed E-state index contributed by atoms with van der Waals surface area (Å²) in [4.78, 5) is 18.5. The third-order valence-electron chi connectivity index (χ3n) is 2.64. The van der Waals surface area contributed by atoms with E-state index < -0.39 is 0 Å². The number of H-pyrrole nitrogens is 1. The minimum absolute atomic E-state index is 0.0965. The van der Waals surface area contributed by atoms with Gasteiger partial charge in [0.2, 0.25) is 0 Å². The number of hydrogen-bond donors (Lipinski definition) is 3. The van der Waals surface area contributed by atoms with Crippen molar-refractivity contribution >= 4 is 34.6 Å². The molecule has 0 spiro atoms. The Balaban J connectivity index is 1.69. The van der Waals surface area contributed by atoms with E-state index in [1.165, 1.54) is 11.8 Å². The molecule has 1 saturated heterocycles. The molecule has 0 aliphatic carbocycles. The zero-order valence-electron chi connectivity index (χ0n) is 9.47. The van der Waals surface area contributed by atoms with E-state index in [-0.39, 0.29) is 12.2 Å². The lowest BCUT2D eigenvalue weighted by Gasteiger charge is -2.04. The second kappa shape index (κ2) is 4.41. The van der Waals surface area contributed by atoms with E-state index in [2.05, 4.69) is 15.3 Å². The standard InChI is InChI=1S/C11H12N4O2S/c12-6-1-2-8-9(3-6)15-10(14-8)18-5-7-4-13-11(16)17-7/h1-3,7H,4-5,12H2,(H,13,16)(H,14,15). The molecule has 1 amide bonds. The summed E-state index contributed by atoms with van der Waals surface area (Å²) in [5.41, 5.74) is 8.21. The molecule has 0 radical (unpaired) electrons. The van der Waals surface area contributed by atoms with E-state index in [9.17, 15) is 4.79 Å². The maximum Gasteiger partial charge on any atom is 0.407 e. The highest BCUT2D eigenvalue weighted by Gasteiger charge is 2.22. The number of nitrogen functional groups attached to an aromatic ring is 1. The summed E-state index contributed by atoms with van der Waals surface area (Å²) < 4.78 is 5.04. The Morgan fingerprint density at radius 3 is 3.22 bits per heavy atom. The maximum atomic E-state index is 10.9. The van der Waals surface area contributed by atoms with Crippen molar-refractivity contribution in [3.05, 3.63) is 18.2 Å². The van der Waals surface area contributed by atoms with Crippen molar-refractivity contribution in [3.8, 4) is 0 Å². The SMILES string of the molecule is Nc1ccc2nc(SCC3CNC(=O)O3)[nH]c2c1. The third kappa shape index (κ3) is 2.21. The Kier molecular flexibility index (Phi) is 2.75. The van der Waals surface area contributed by atoms with Crippen molar-refractivity contribution in [1.29, 1.82) is 0 Å². The van der Waals surface area contributed by atoms with Crippen LogP contribution in [0.2, 0.25) is 0 Å². The number of aromatic amines is 1. The van der Waals surface area contributed by atoms with Crippen molar-refractivity contribution in [3.63, 3.8) is 0 Å². The monoisotopic (exact) mass is 264 g/mol. The molecule has 4 N–H and O–H groups in total. The smallest absolute Gasteiger partial charge is 0.407 e. The van der Waals surface area contributed by atoms with E-state index in [1.54, 1.807) is 0 Å². The van der Waals surface area contributed by atoms with Gasteiger partial charge in [-0.25, -0.2) is 9.78 Å². The van der Waals surface area contributed by atoms with Crippen LogP contribution in [0.4, 0.5) is 10.5 Å². The quantitative estimate of drug-likeness (QED) is 0.574. The van der Waals surface area contributed by atoms with Crippen LogP contribution in [-0.2, 0) is 4.74 Å². The summed E-state index contributed by atoms with van der Waals surface area (Å²) in [5.74, 6) is 0.675. The molecule has 3 rings (SSSR count). The van der Waals surface area contributed by atoms with Crippen LogP contribution in [0.25, 0.3) is 11.0 Å². The molecule has 1 unspecified atom stereocenters. The molecule has 1 atom stereocenters. The number of rotatable bonds is 3. The number of carbonyl (C=O) groups excluding carboxylic acids is 1. The van der Waals surface area contributed by atoms with Crippen molar-refractivity contribution in [1.82, 2.24) is 15.3 Å². The van der Waals surface area contributed by atoms with Gasteiger partial charge in [0.05, 0.1) is 17.6 Å². The molecule has 2 heterocycles. The summed E-state index contributed by atoms with van der Waals surface area (Å²) in [5, 5.41) is 3.42. The lowest BCUT2D eigenvalue weighted by atomic mass is 10.3. The van der Waals surface area contributed by atoms with Crippen LogP contribution in [0.5, 0.6) is 0 Å². The van der Waals surface area contributed by atoms with Gasteiger partial charge < -0.3 is 20.8 Å². The molecule has 1 fully saturated rings. The highest BCUT2D eigenvalue weighted by atomic mass is 32.2. The molecule has 7 heteroatoms. The molecule has 1 aliphatic rings. The number of nitrogens with zero attached hydrogens (tertiary/aromatic N) is 1. The lowest BCUT2D eigenvalue weighted by molar-refractivity contribution is 0.150. The predicted octanol–water partition coefficient (Wildman–Crippen LogP) is 1.35. The fourth-order valence-electron chi connectivity index (χ4n) is 1.77. The second-order valence-corrected chi connectivity index (χ2v) is 5.05. The molecule has 0 saturated carbocycles. The van der Waals surface area contributed by atoms with Gasteiger partial charge in [-0.3, -0.25) is 0 Å². The van der Waals surface area contributed by atoms with Gasteiger partial charge in [-0.15, -0.1) is 0 Å². The van der Waals surface area contributed by atoms with Gasteiger partial charge in [-0.2, -0.15) is 0 Å². The Bertz CT molecular complexity index is 598. The number of thioether (sulfide) groups is 1. The Morgan fingerprint density at radius 2 is 2.44 bits per heavy atom. The Morgan fingerprint density at radius 1 is 1.56 bits per heavy atom. The zero-order chi connectivity index (χ0) is 12.5. The Hall–Kier alpha value is -1.89. The zero-order valence-corrected chi connectivity index (χ0v) is 10.3. The number of aromatic nitrogens is 2. The number of alkyl carbamates (subject to hydrolysis) is 1. The molecule has 0 bridgehead atoms. The van der Waals surface area contributed by atoms with Gasteiger partial charge in [0.15, 0.2) is 5.16 Å². The number of benzene rings is 1. The molecule has 6 nitrogen and oxygen atoms in total. The molecule has 94 valence electrons. The number of imidazole rings is 1. The number of ether oxygens (including phenoxy) is 1. The van der Waals surface area contributed by atoms with Gasteiger partial charge in [-0.05, 0) is 18.2 Å². The average Bonchev–Trinajstić information content (AvgIpc) is 2.92. The highest BCUT2D eigenvalue weighted by Crippen LogP contribution is 2.22. The number of amides is 1. The lowest BCUT2D eigenvalue weighted by Crippen LogP contribution is -2.16. The van der Waals surface area contributed by atoms with E-state index >= 15 is 0 Å². The fraction of sp³-hybridized carbons (Fsp3) is 0.273. The number of nitrogens with one attached hydrogen (secondary N) is 2. The molecular formula is C11H12N4O2S. The van der Waals surface area contributed by atoms with Crippen molar-refractivity contribution in [2.75, 3.05) is 18.0 Å². The number of cyclic esters (lactones) is 1. The number of carbonyl (C=O) groups is 1. The van der Waals surface area contributed by atoms with E-state index in [1.807, 2.05) is 18.2 Å². The largest absolute Gasteiger partial charge is 0.443 e. The van der Waals surface area contributed by atoms with E-state index in [0.29, 0.717) is 18.0 Å². The maximum absolute atomic E-state index is 10.9. The first-order valence-corrected chi connectivity index (χ1v) is 6.52. The van der Waals surface area contributed by atoms with Crippen LogP contribution in [0, 0.1) is 0 Å². The van der Waals surface area contributed by atoms with Crippen LogP contribution in [0.3, 0.4) is 0 Å². The first kappa shape index (κ1) is 11.2. The first-order chi connectivity index (χ1) is 8.70. The second-order valence-electron chi connectivity index (χ2n) is 4.04. The average molecular weight is 264 g/mol. The van der Waals surface area contributed by atoms with Gasteiger partial charge in [0.25, 0.3) is 0 Å². The van der Waals surface area contributed by atoms with E-state index in [4.69, 9.17) is 10.5 Å². The molecule has 2 aromatic rings. The number of fused-ring (bicyclic) bond motifs is 1. The van der Waals surface area contributed by atoms with Crippen LogP contribution in [-0.4, -0.2) is 34.5 Å². The summed E-state index contributed by atoms with van der Waals surface area (Å²) in [7, 11) is 0. The molecule has 1 aromatic heterocycles. The van der Waals surface area contributed by atoms with Crippen molar-refractivity contribution < 1.29 is 9.53 Å². The fourth-order valence-corrected chi connectivity index (χ4v) is 2.64. The molecule has 1 aromatic carbocycles. The minimum atomic E-state index is -0.349. The first-order valence-electron chi connectivity index (χ1n) is 5.53. The van der Waals surface area contributed by atoms with E-state index in [0.717, 1.165) is 16.2 Å². The van der Waals surface area contributed by atoms with Crippen molar-refractivity contribution in [2.24, 2.45) is 0 Å². The van der Waals surface area contributed by atoms with Crippen molar-refractivity contribution in [2.45, 2.75) is 11.3 Å². The van der Waals surface area contributed by atoms with Crippen LogP contribution < -0.4 is 11.1 Å². The third-order valence-corrected chi connectivity index (χ3v) is 3.64. The normalized spacial score (nSPS) is 18.9. The summed E-state index contributed by atoms with van der Waals surface area (Å²) >= 11 is 1.53. The number of anilines is 1. The summed E-state index contributed by atoms with van der Waals surface area (Å²) in [6, 6.07) is 5.55. The topological polar surface area (TPSA) is 93.0 Å². The van der Waals surface area contributed by atoms with Crippen LogP contribution >= 0.6 is 11.8 Å². The Labute approximate surface area is 107 Å². The molecule has 1 aliphatic heterocycles. The number of nitrogens with two attached hydrogens (primary N) is 1. The summed E-state index contributed by atoms with van der Waals surface area (Å²) in [6.45, 7) is 0.555. The molecule has 18 heavy (non-hydrogen) atoms. The summed E-state index contributed by atoms with van der Waals surface area (Å²) in [6.07, 6.45) is -0.446. The van der Waals surface area contributed by atoms with Gasteiger partial charge in [0.1, 0.15) is 6.10 Å². The van der Waals surface area contributed by atoms with Gasteiger partial charge >= 0.3 is 6.09 Å². The predicted molar refractivity (Wildman–Crippen MR) is 69.5 cm³/mol.